The van der Waals surface area contributed by atoms with Gasteiger partial charge in [0, 0.05) is 43.1 Å². The number of nitrogens with zero attached hydrogens (tertiary/aromatic N) is 4. The summed E-state index contributed by atoms with van der Waals surface area (Å²) in [5.74, 6) is 0.295. The number of ether oxygens (including phenoxy) is 1. The van der Waals surface area contributed by atoms with Gasteiger partial charge in [-0.15, -0.1) is 0 Å². The Balaban J connectivity index is 1.60. The summed E-state index contributed by atoms with van der Waals surface area (Å²) in [6, 6.07) is 16.4. The van der Waals surface area contributed by atoms with Crippen LogP contribution in [0.1, 0.15) is 19.8 Å². The fraction of sp³-hybridized carbons (Fsp3) is 0.300. The number of carbonyl (C=O) groups excluding carboxylic acids is 1. The van der Waals surface area contributed by atoms with Crippen LogP contribution in [0.5, 0.6) is 5.88 Å². The van der Waals surface area contributed by atoms with E-state index in [9.17, 15) is 4.79 Å². The normalized spacial score (nSPS) is 14.0. The lowest BCUT2D eigenvalue weighted by molar-refractivity contribution is -0.111. The second-order valence-electron chi connectivity index (χ2n) is 9.59. The Kier molecular flexibility index (Phi) is 7.70. The Labute approximate surface area is 223 Å². The van der Waals surface area contributed by atoms with E-state index in [1.165, 1.54) is 18.1 Å². The van der Waals surface area contributed by atoms with Crippen molar-refractivity contribution in [1.82, 2.24) is 19.9 Å². The molecule has 1 fully saturated rings. The molecule has 196 valence electrons. The minimum absolute atomic E-state index is 0.257. The molecule has 0 unspecified atom stereocenters. The number of likely N-dealkylation sites (N-methyl/N-ethyl adjacent to an activating group) is 1. The van der Waals surface area contributed by atoms with Crippen LogP contribution in [-0.4, -0.2) is 65.6 Å². The number of unbranched alkanes of at least 4 members (excludes halogenated alkanes) is 1. The number of hydrogen-bond donors (Lipinski definition) is 2. The molecular formula is C30H34N6O2. The number of fused-ring (bicyclic) bond motifs is 1. The van der Waals surface area contributed by atoms with Gasteiger partial charge in [0.15, 0.2) is 0 Å². The van der Waals surface area contributed by atoms with E-state index in [1.54, 1.807) is 0 Å². The molecule has 0 bridgehead atoms. The van der Waals surface area contributed by atoms with Gasteiger partial charge in [-0.25, -0.2) is 9.97 Å². The fourth-order valence-electron chi connectivity index (χ4n) is 4.77. The number of piperazine rings is 1. The summed E-state index contributed by atoms with van der Waals surface area (Å²) in [7, 11) is 2.17. The smallest absolute Gasteiger partial charge is 0.247 e. The number of hydrogen-bond acceptors (Lipinski definition) is 6. The molecule has 1 aliphatic heterocycles. The predicted octanol–water partition coefficient (Wildman–Crippen LogP) is 5.35. The topological polar surface area (TPSA) is 86.4 Å². The summed E-state index contributed by atoms with van der Waals surface area (Å²) in [4.78, 5) is 29.3. The van der Waals surface area contributed by atoms with Gasteiger partial charge in [0.25, 0.3) is 0 Å². The van der Waals surface area contributed by atoms with Crippen molar-refractivity contribution in [2.45, 2.75) is 19.8 Å². The first kappa shape index (κ1) is 25.5. The molecule has 5 rings (SSSR count). The van der Waals surface area contributed by atoms with Gasteiger partial charge in [-0.2, -0.15) is 0 Å². The van der Waals surface area contributed by atoms with Gasteiger partial charge in [0.2, 0.25) is 11.8 Å². The molecule has 0 saturated carbocycles. The molecule has 1 saturated heterocycles. The summed E-state index contributed by atoms with van der Waals surface area (Å²) in [6.45, 7) is 10.4. The summed E-state index contributed by atoms with van der Waals surface area (Å²) in [6.07, 6.45) is 4.77. The molecule has 1 amide bonds. The van der Waals surface area contributed by atoms with Crippen LogP contribution in [0.15, 0.2) is 67.5 Å². The van der Waals surface area contributed by atoms with Crippen molar-refractivity contribution in [3.63, 3.8) is 0 Å². The van der Waals surface area contributed by atoms with Crippen molar-refractivity contribution in [3.8, 4) is 28.3 Å². The quantitative estimate of drug-likeness (QED) is 0.233. The first-order chi connectivity index (χ1) is 18.6. The number of anilines is 2. The SMILES string of the molecule is C=CC(=O)Nc1cccc(-c2c(-c3ccc(N4CCN(C)CC4)cc3)[nH]c3ncnc(OCCCC)c23)c1. The molecule has 2 aromatic carbocycles. The molecule has 38 heavy (non-hydrogen) atoms. The Hall–Kier alpha value is -4.17. The minimum atomic E-state index is -0.257. The number of aromatic nitrogens is 3. The maximum atomic E-state index is 12.0. The van der Waals surface area contributed by atoms with Crippen molar-refractivity contribution < 1.29 is 9.53 Å². The highest BCUT2D eigenvalue weighted by molar-refractivity contribution is 6.06. The standard InChI is InChI=1S/C30H34N6O2/c1-4-6-18-38-30-27-26(22-8-7-9-23(19-22)33-25(37)5-2)28(34-29(27)31-20-32-30)21-10-12-24(13-11-21)36-16-14-35(3)15-17-36/h5,7-13,19-20H,2,4,6,14-18H2,1,3H3,(H,33,37)(H,31,32,34). The highest BCUT2D eigenvalue weighted by Crippen LogP contribution is 2.42. The number of rotatable bonds is 9. The fourth-order valence-corrected chi connectivity index (χ4v) is 4.77. The molecule has 0 aliphatic carbocycles. The zero-order valence-corrected chi connectivity index (χ0v) is 22.0. The van der Waals surface area contributed by atoms with Gasteiger partial charge in [-0.1, -0.05) is 44.2 Å². The lowest BCUT2D eigenvalue weighted by Gasteiger charge is -2.34. The van der Waals surface area contributed by atoms with E-state index in [2.05, 4.69) is 74.9 Å². The molecule has 8 nitrogen and oxygen atoms in total. The molecule has 0 spiro atoms. The van der Waals surface area contributed by atoms with Crippen LogP contribution >= 0.6 is 0 Å². The molecule has 2 N–H and O–H groups in total. The van der Waals surface area contributed by atoms with Crippen molar-refractivity contribution in [1.29, 1.82) is 0 Å². The highest BCUT2D eigenvalue weighted by atomic mass is 16.5. The minimum Gasteiger partial charge on any atom is -0.477 e. The van der Waals surface area contributed by atoms with Gasteiger partial charge in [-0.3, -0.25) is 4.79 Å². The molecular weight excluding hydrogens is 476 g/mol. The van der Waals surface area contributed by atoms with Crippen LogP contribution in [0, 0.1) is 0 Å². The summed E-state index contributed by atoms with van der Waals surface area (Å²) < 4.78 is 6.13. The molecule has 1 aliphatic rings. The van der Waals surface area contributed by atoms with E-state index in [0.717, 1.165) is 66.8 Å². The largest absolute Gasteiger partial charge is 0.477 e. The third kappa shape index (κ3) is 5.40. The molecule has 4 aromatic rings. The number of amides is 1. The molecule has 8 heteroatoms. The monoisotopic (exact) mass is 510 g/mol. The lowest BCUT2D eigenvalue weighted by Crippen LogP contribution is -2.44. The Morgan fingerprint density at radius 2 is 1.89 bits per heavy atom. The Morgan fingerprint density at radius 3 is 2.63 bits per heavy atom. The second-order valence-corrected chi connectivity index (χ2v) is 9.59. The van der Waals surface area contributed by atoms with E-state index < -0.39 is 0 Å². The third-order valence-corrected chi connectivity index (χ3v) is 6.92. The second kappa shape index (κ2) is 11.5. The van der Waals surface area contributed by atoms with Crippen LogP contribution in [0.2, 0.25) is 0 Å². The van der Waals surface area contributed by atoms with E-state index in [0.29, 0.717) is 23.8 Å². The maximum absolute atomic E-state index is 12.0. The Bertz CT molecular complexity index is 1420. The van der Waals surface area contributed by atoms with Gasteiger partial charge in [0.1, 0.15) is 12.0 Å². The van der Waals surface area contributed by atoms with Crippen molar-refractivity contribution in [3.05, 3.63) is 67.5 Å². The lowest BCUT2D eigenvalue weighted by atomic mass is 9.98. The predicted molar refractivity (Wildman–Crippen MR) is 154 cm³/mol. The molecule has 0 atom stereocenters. The first-order valence-corrected chi connectivity index (χ1v) is 13.1. The van der Waals surface area contributed by atoms with Crippen molar-refractivity contribution in [2.24, 2.45) is 0 Å². The zero-order chi connectivity index (χ0) is 26.5. The zero-order valence-electron chi connectivity index (χ0n) is 22.0. The van der Waals surface area contributed by atoms with E-state index in [4.69, 9.17) is 4.74 Å². The number of H-pyrrole nitrogens is 1. The average molecular weight is 511 g/mol. The molecule has 3 heterocycles. The van der Waals surface area contributed by atoms with Crippen molar-refractivity contribution in [2.75, 3.05) is 50.1 Å². The average Bonchev–Trinajstić information content (AvgIpc) is 3.34. The number of aromatic amines is 1. The summed E-state index contributed by atoms with van der Waals surface area (Å²) in [5, 5.41) is 3.69. The summed E-state index contributed by atoms with van der Waals surface area (Å²) in [5.41, 5.74) is 6.44. The highest BCUT2D eigenvalue weighted by Gasteiger charge is 2.22. The first-order valence-electron chi connectivity index (χ1n) is 13.1. The van der Waals surface area contributed by atoms with Crippen molar-refractivity contribution >= 4 is 28.3 Å². The van der Waals surface area contributed by atoms with E-state index in [1.807, 2.05) is 24.3 Å². The maximum Gasteiger partial charge on any atom is 0.247 e. The van der Waals surface area contributed by atoms with E-state index >= 15 is 0 Å². The van der Waals surface area contributed by atoms with Gasteiger partial charge >= 0.3 is 0 Å². The van der Waals surface area contributed by atoms with Crippen LogP contribution in [0.4, 0.5) is 11.4 Å². The molecule has 0 radical (unpaired) electrons. The number of nitrogens with one attached hydrogen (secondary N) is 2. The van der Waals surface area contributed by atoms with E-state index in [-0.39, 0.29) is 5.91 Å². The van der Waals surface area contributed by atoms with Crippen LogP contribution in [-0.2, 0) is 4.79 Å². The Morgan fingerprint density at radius 1 is 1.11 bits per heavy atom. The van der Waals surface area contributed by atoms with Gasteiger partial charge in [-0.05, 0) is 54.9 Å². The molecule has 2 aromatic heterocycles. The van der Waals surface area contributed by atoms with Gasteiger partial charge in [0.05, 0.1) is 17.7 Å². The van der Waals surface area contributed by atoms with Crippen LogP contribution in [0.25, 0.3) is 33.4 Å². The number of carbonyl (C=O) groups is 1. The number of benzene rings is 2. The van der Waals surface area contributed by atoms with Gasteiger partial charge < -0.3 is 24.8 Å². The van der Waals surface area contributed by atoms with Crippen LogP contribution in [0.3, 0.4) is 0 Å². The summed E-state index contributed by atoms with van der Waals surface area (Å²) >= 11 is 0. The van der Waals surface area contributed by atoms with Crippen LogP contribution < -0.4 is 15.0 Å². The third-order valence-electron chi connectivity index (χ3n) is 6.92.